The van der Waals surface area contributed by atoms with E-state index in [2.05, 4.69) is 15.5 Å². The number of hydrogen-bond donors (Lipinski definition) is 2. The van der Waals surface area contributed by atoms with Crippen LogP contribution in [0.1, 0.15) is 24.7 Å². The van der Waals surface area contributed by atoms with E-state index in [1.54, 1.807) is 6.92 Å². The van der Waals surface area contributed by atoms with Gasteiger partial charge in [0.15, 0.2) is 5.82 Å². The summed E-state index contributed by atoms with van der Waals surface area (Å²) in [5.41, 5.74) is 0. The second-order valence-electron chi connectivity index (χ2n) is 2.98. The van der Waals surface area contributed by atoms with Crippen LogP contribution in [0.4, 0.5) is 0 Å². The molecule has 0 aliphatic carbocycles. The molecule has 2 N–H and O–H groups in total. The van der Waals surface area contributed by atoms with E-state index in [1.807, 2.05) is 4.57 Å². The smallest absolute Gasteiger partial charge is 0.161 e. The molecule has 0 saturated carbocycles. The summed E-state index contributed by atoms with van der Waals surface area (Å²) in [5.74, 6) is 1.59. The standard InChI is InChI=1S/C7H12N4O/c1-5(12)7-10-9-6-4-8-2-3-11(6)7/h5,8,12H,2-4H2,1H3. The van der Waals surface area contributed by atoms with Crippen molar-refractivity contribution in [1.29, 1.82) is 0 Å². The molecule has 0 bridgehead atoms. The van der Waals surface area contributed by atoms with E-state index in [0.29, 0.717) is 5.82 Å². The molecule has 5 heteroatoms. The van der Waals surface area contributed by atoms with Gasteiger partial charge in [0.25, 0.3) is 0 Å². The van der Waals surface area contributed by atoms with Crippen molar-refractivity contribution < 1.29 is 5.11 Å². The highest BCUT2D eigenvalue weighted by Crippen LogP contribution is 2.12. The van der Waals surface area contributed by atoms with Crippen molar-refractivity contribution in [3.8, 4) is 0 Å². The molecule has 0 fully saturated rings. The van der Waals surface area contributed by atoms with Gasteiger partial charge in [-0.25, -0.2) is 0 Å². The van der Waals surface area contributed by atoms with E-state index >= 15 is 0 Å². The first-order valence-electron chi connectivity index (χ1n) is 4.10. The van der Waals surface area contributed by atoms with Crippen LogP contribution in [0.3, 0.4) is 0 Å². The summed E-state index contributed by atoms with van der Waals surface area (Å²) in [5, 5.41) is 20.4. The van der Waals surface area contributed by atoms with Gasteiger partial charge >= 0.3 is 0 Å². The number of nitrogens with one attached hydrogen (secondary N) is 1. The summed E-state index contributed by atoms with van der Waals surface area (Å²) < 4.78 is 1.97. The van der Waals surface area contributed by atoms with Crippen LogP contribution >= 0.6 is 0 Å². The Bertz CT molecular complexity index is 281. The molecule has 1 atom stereocenters. The van der Waals surface area contributed by atoms with Crippen molar-refractivity contribution in [2.45, 2.75) is 26.1 Å². The van der Waals surface area contributed by atoms with Crippen molar-refractivity contribution in [2.75, 3.05) is 6.54 Å². The van der Waals surface area contributed by atoms with Crippen LogP contribution in [0, 0.1) is 0 Å². The first-order valence-corrected chi connectivity index (χ1v) is 4.10. The number of nitrogens with zero attached hydrogens (tertiary/aromatic N) is 3. The van der Waals surface area contributed by atoms with E-state index in [-0.39, 0.29) is 0 Å². The zero-order valence-electron chi connectivity index (χ0n) is 6.99. The maximum atomic E-state index is 9.32. The van der Waals surface area contributed by atoms with Gasteiger partial charge in [0.2, 0.25) is 0 Å². The number of aromatic nitrogens is 3. The average molecular weight is 168 g/mol. The molecule has 1 aromatic rings. The van der Waals surface area contributed by atoms with Crippen LogP contribution in [0.25, 0.3) is 0 Å². The third-order valence-electron chi connectivity index (χ3n) is 2.02. The Morgan fingerprint density at radius 2 is 2.42 bits per heavy atom. The molecule has 1 aromatic heterocycles. The molecule has 5 nitrogen and oxygen atoms in total. The van der Waals surface area contributed by atoms with Crippen LogP contribution in [0.15, 0.2) is 0 Å². The van der Waals surface area contributed by atoms with Gasteiger partial charge in [-0.15, -0.1) is 10.2 Å². The van der Waals surface area contributed by atoms with Gasteiger partial charge in [0, 0.05) is 13.1 Å². The number of aliphatic hydroxyl groups excluding tert-OH is 1. The number of hydrogen-bond acceptors (Lipinski definition) is 4. The lowest BCUT2D eigenvalue weighted by atomic mass is 10.3. The molecule has 1 aliphatic rings. The molecule has 2 rings (SSSR count). The molecule has 1 aliphatic heterocycles. The molecule has 66 valence electrons. The minimum absolute atomic E-state index is 0.524. The molecule has 0 amide bonds. The maximum Gasteiger partial charge on any atom is 0.161 e. The fourth-order valence-electron chi connectivity index (χ4n) is 1.42. The molecule has 1 unspecified atom stereocenters. The van der Waals surface area contributed by atoms with Gasteiger partial charge in [-0.1, -0.05) is 0 Å². The molecular formula is C7H12N4O. The molecule has 0 aromatic carbocycles. The van der Waals surface area contributed by atoms with E-state index in [1.165, 1.54) is 0 Å². The summed E-state index contributed by atoms with van der Waals surface area (Å²) in [6, 6.07) is 0. The van der Waals surface area contributed by atoms with Crippen LogP contribution in [0.5, 0.6) is 0 Å². The number of rotatable bonds is 1. The third kappa shape index (κ3) is 1.11. The van der Waals surface area contributed by atoms with Crippen LogP contribution in [0.2, 0.25) is 0 Å². The second-order valence-corrected chi connectivity index (χ2v) is 2.98. The van der Waals surface area contributed by atoms with Gasteiger partial charge < -0.3 is 15.0 Å². The van der Waals surface area contributed by atoms with Crippen molar-refractivity contribution in [2.24, 2.45) is 0 Å². The predicted octanol–water partition coefficient (Wildman–Crippen LogP) is -0.565. The summed E-state index contributed by atoms with van der Waals surface area (Å²) in [4.78, 5) is 0. The monoisotopic (exact) mass is 168 g/mol. The Hall–Kier alpha value is -0.940. The fraction of sp³-hybridized carbons (Fsp3) is 0.714. The minimum Gasteiger partial charge on any atom is -0.385 e. The maximum absolute atomic E-state index is 9.32. The number of fused-ring (bicyclic) bond motifs is 1. The lowest BCUT2D eigenvalue weighted by molar-refractivity contribution is 0.182. The molecular weight excluding hydrogens is 156 g/mol. The Morgan fingerprint density at radius 1 is 1.58 bits per heavy atom. The normalized spacial score (nSPS) is 18.8. The van der Waals surface area contributed by atoms with Crippen molar-refractivity contribution in [3.05, 3.63) is 11.6 Å². The Morgan fingerprint density at radius 3 is 3.17 bits per heavy atom. The van der Waals surface area contributed by atoms with E-state index in [9.17, 15) is 5.11 Å². The molecule has 2 heterocycles. The zero-order valence-corrected chi connectivity index (χ0v) is 6.99. The minimum atomic E-state index is -0.524. The summed E-state index contributed by atoms with van der Waals surface area (Å²) in [7, 11) is 0. The highest BCUT2D eigenvalue weighted by atomic mass is 16.3. The SMILES string of the molecule is CC(O)c1nnc2n1CCNC2. The van der Waals surface area contributed by atoms with Crippen LogP contribution in [-0.2, 0) is 13.1 Å². The van der Waals surface area contributed by atoms with Gasteiger partial charge in [0.1, 0.15) is 11.9 Å². The van der Waals surface area contributed by atoms with Crippen molar-refractivity contribution in [3.63, 3.8) is 0 Å². The zero-order chi connectivity index (χ0) is 8.55. The average Bonchev–Trinajstić information content (AvgIpc) is 2.47. The largest absolute Gasteiger partial charge is 0.385 e. The van der Waals surface area contributed by atoms with E-state index in [4.69, 9.17) is 0 Å². The van der Waals surface area contributed by atoms with Crippen molar-refractivity contribution >= 4 is 0 Å². The lowest BCUT2D eigenvalue weighted by Gasteiger charge is -2.16. The summed E-state index contributed by atoms with van der Waals surface area (Å²) in [6.45, 7) is 4.23. The van der Waals surface area contributed by atoms with Gasteiger partial charge in [0.05, 0.1) is 6.54 Å². The topological polar surface area (TPSA) is 63.0 Å². The predicted molar refractivity (Wildman–Crippen MR) is 42.4 cm³/mol. The molecule has 0 saturated heterocycles. The highest BCUT2D eigenvalue weighted by molar-refractivity contribution is 5.00. The third-order valence-corrected chi connectivity index (χ3v) is 2.02. The Labute approximate surface area is 70.4 Å². The van der Waals surface area contributed by atoms with Crippen molar-refractivity contribution in [1.82, 2.24) is 20.1 Å². The van der Waals surface area contributed by atoms with Gasteiger partial charge in [-0.3, -0.25) is 0 Å². The molecule has 0 spiro atoms. The quantitative estimate of drug-likeness (QED) is 0.589. The highest BCUT2D eigenvalue weighted by Gasteiger charge is 2.17. The Balaban J connectivity index is 2.38. The summed E-state index contributed by atoms with van der Waals surface area (Å²) >= 11 is 0. The fourth-order valence-corrected chi connectivity index (χ4v) is 1.42. The van der Waals surface area contributed by atoms with Crippen LogP contribution < -0.4 is 5.32 Å². The first-order chi connectivity index (χ1) is 5.79. The molecule has 12 heavy (non-hydrogen) atoms. The van der Waals surface area contributed by atoms with Crippen LogP contribution in [-0.4, -0.2) is 26.4 Å². The van der Waals surface area contributed by atoms with Gasteiger partial charge in [-0.05, 0) is 6.92 Å². The number of aliphatic hydroxyl groups is 1. The molecule has 0 radical (unpaired) electrons. The second kappa shape index (κ2) is 2.84. The lowest BCUT2D eigenvalue weighted by Crippen LogP contribution is -2.29. The Kier molecular flexibility index (Phi) is 1.82. The first kappa shape index (κ1) is 7.70. The van der Waals surface area contributed by atoms with E-state index in [0.717, 1.165) is 25.5 Å². The van der Waals surface area contributed by atoms with E-state index < -0.39 is 6.10 Å². The van der Waals surface area contributed by atoms with Gasteiger partial charge in [-0.2, -0.15) is 0 Å². The summed E-state index contributed by atoms with van der Waals surface area (Å²) in [6.07, 6.45) is -0.524.